The number of hydrogen-bond donors (Lipinski definition) is 2. The smallest absolute Gasteiger partial charge is 0.227 e. The van der Waals surface area contributed by atoms with E-state index < -0.39 is 5.41 Å². The first-order chi connectivity index (χ1) is 9.35. The van der Waals surface area contributed by atoms with Crippen LogP contribution in [0.25, 0.3) is 0 Å². The maximum absolute atomic E-state index is 12.1. The van der Waals surface area contributed by atoms with Crippen molar-refractivity contribution in [3.63, 3.8) is 0 Å². The number of benzene rings is 1. The predicted molar refractivity (Wildman–Crippen MR) is 89.9 cm³/mol. The second-order valence-electron chi connectivity index (χ2n) is 6.83. The van der Waals surface area contributed by atoms with Crippen LogP contribution in [0.1, 0.15) is 57.1 Å². The number of amides is 1. The molecule has 3 nitrogen and oxygen atoms in total. The molecular formula is C17H27ClN2O. The van der Waals surface area contributed by atoms with E-state index in [-0.39, 0.29) is 24.4 Å². The molecule has 0 bridgehead atoms. The van der Waals surface area contributed by atoms with Crippen molar-refractivity contribution in [2.24, 2.45) is 11.1 Å². The van der Waals surface area contributed by atoms with Crippen molar-refractivity contribution in [1.82, 2.24) is 5.32 Å². The highest BCUT2D eigenvalue weighted by Gasteiger charge is 2.41. The zero-order chi connectivity index (χ0) is 14.9. The molecule has 3 N–H and O–H groups in total. The quantitative estimate of drug-likeness (QED) is 0.877. The molecule has 1 amide bonds. The lowest BCUT2D eigenvalue weighted by atomic mass is 9.92. The number of halogens is 1. The molecule has 118 valence electrons. The average molecular weight is 311 g/mol. The zero-order valence-corrected chi connectivity index (χ0v) is 14.2. The van der Waals surface area contributed by atoms with Crippen molar-refractivity contribution in [3.8, 4) is 0 Å². The van der Waals surface area contributed by atoms with E-state index in [9.17, 15) is 4.79 Å². The van der Waals surface area contributed by atoms with Gasteiger partial charge in [-0.1, -0.05) is 38.1 Å². The Kier molecular flexibility index (Phi) is 5.83. The van der Waals surface area contributed by atoms with Gasteiger partial charge in [-0.25, -0.2) is 0 Å². The molecule has 1 saturated carbocycles. The Labute approximate surface area is 134 Å². The average Bonchev–Trinajstić information content (AvgIpc) is 3.18. The van der Waals surface area contributed by atoms with Gasteiger partial charge < -0.3 is 11.1 Å². The molecule has 0 spiro atoms. The first-order valence-corrected chi connectivity index (χ1v) is 7.46. The lowest BCUT2D eigenvalue weighted by Gasteiger charge is -2.21. The molecule has 1 fully saturated rings. The fourth-order valence-corrected chi connectivity index (χ4v) is 2.31. The number of nitrogens with one attached hydrogen (secondary N) is 1. The van der Waals surface area contributed by atoms with Crippen molar-refractivity contribution >= 4 is 18.3 Å². The number of hydrogen-bond acceptors (Lipinski definition) is 2. The van der Waals surface area contributed by atoms with Gasteiger partial charge in [0.25, 0.3) is 0 Å². The van der Waals surface area contributed by atoms with Crippen LogP contribution in [0.5, 0.6) is 0 Å². The molecule has 2 rings (SSSR count). The molecule has 2 atom stereocenters. The maximum Gasteiger partial charge on any atom is 0.227 e. The van der Waals surface area contributed by atoms with E-state index >= 15 is 0 Å². The second-order valence-corrected chi connectivity index (χ2v) is 6.83. The standard InChI is InChI=1S/C17H26N2O.ClH/c1-11(2)12-5-7-13(8-6-12)14-9-15(14)19-16(20)17(3,4)10-18;/h5-8,11,14-15H,9-10,18H2,1-4H3,(H,19,20);1H. The fraction of sp³-hybridized carbons (Fsp3) is 0.588. The first kappa shape index (κ1) is 18.0. The minimum atomic E-state index is -0.478. The lowest BCUT2D eigenvalue weighted by molar-refractivity contribution is -0.129. The molecule has 0 heterocycles. The third-order valence-electron chi connectivity index (χ3n) is 4.26. The monoisotopic (exact) mass is 310 g/mol. The summed E-state index contributed by atoms with van der Waals surface area (Å²) >= 11 is 0. The van der Waals surface area contributed by atoms with Gasteiger partial charge in [0.15, 0.2) is 0 Å². The third-order valence-corrected chi connectivity index (χ3v) is 4.26. The van der Waals surface area contributed by atoms with Gasteiger partial charge in [0.2, 0.25) is 5.91 Å². The summed E-state index contributed by atoms with van der Waals surface area (Å²) < 4.78 is 0. The normalized spacial score (nSPS) is 20.9. The van der Waals surface area contributed by atoms with Crippen LogP contribution in [0.2, 0.25) is 0 Å². The number of nitrogens with two attached hydrogens (primary N) is 1. The summed E-state index contributed by atoms with van der Waals surface area (Å²) in [7, 11) is 0. The maximum atomic E-state index is 12.1. The van der Waals surface area contributed by atoms with E-state index in [1.165, 1.54) is 11.1 Å². The van der Waals surface area contributed by atoms with E-state index in [1.54, 1.807) is 0 Å². The summed E-state index contributed by atoms with van der Waals surface area (Å²) in [4.78, 5) is 12.1. The van der Waals surface area contributed by atoms with E-state index in [0.29, 0.717) is 18.4 Å². The van der Waals surface area contributed by atoms with Crippen LogP contribution in [-0.2, 0) is 4.79 Å². The minimum absolute atomic E-state index is 0. The third kappa shape index (κ3) is 4.21. The summed E-state index contributed by atoms with van der Waals surface area (Å²) in [5.74, 6) is 1.09. The fourth-order valence-electron chi connectivity index (χ4n) is 2.31. The summed E-state index contributed by atoms with van der Waals surface area (Å²) in [6.07, 6.45) is 1.04. The van der Waals surface area contributed by atoms with E-state index in [0.717, 1.165) is 6.42 Å². The Morgan fingerprint density at radius 3 is 2.38 bits per heavy atom. The van der Waals surface area contributed by atoms with Crippen LogP contribution in [-0.4, -0.2) is 18.5 Å². The van der Waals surface area contributed by atoms with Crippen molar-refractivity contribution in [1.29, 1.82) is 0 Å². The van der Waals surface area contributed by atoms with Crippen molar-refractivity contribution in [2.45, 2.75) is 52.0 Å². The molecule has 0 radical (unpaired) electrons. The van der Waals surface area contributed by atoms with Crippen molar-refractivity contribution in [2.75, 3.05) is 6.54 Å². The Bertz CT molecular complexity index is 482. The number of rotatable bonds is 5. The van der Waals surface area contributed by atoms with Crippen LogP contribution >= 0.6 is 12.4 Å². The van der Waals surface area contributed by atoms with Gasteiger partial charge in [-0.3, -0.25) is 4.79 Å². The highest BCUT2D eigenvalue weighted by Crippen LogP contribution is 2.41. The Hall–Kier alpha value is -1.06. The molecule has 1 aromatic carbocycles. The van der Waals surface area contributed by atoms with Gasteiger partial charge in [0, 0.05) is 18.5 Å². The molecule has 2 unspecified atom stereocenters. The largest absolute Gasteiger partial charge is 0.352 e. The van der Waals surface area contributed by atoms with Crippen LogP contribution in [0.4, 0.5) is 0 Å². The topological polar surface area (TPSA) is 55.1 Å². The summed E-state index contributed by atoms with van der Waals surface area (Å²) in [6, 6.07) is 9.06. The number of carbonyl (C=O) groups excluding carboxylic acids is 1. The van der Waals surface area contributed by atoms with Gasteiger partial charge >= 0.3 is 0 Å². The Morgan fingerprint density at radius 2 is 1.90 bits per heavy atom. The van der Waals surface area contributed by atoms with E-state index in [1.807, 2.05) is 13.8 Å². The Balaban J connectivity index is 0.00000220. The molecule has 1 aliphatic carbocycles. The highest BCUT2D eigenvalue weighted by atomic mass is 35.5. The minimum Gasteiger partial charge on any atom is -0.352 e. The molecule has 0 saturated heterocycles. The van der Waals surface area contributed by atoms with E-state index in [2.05, 4.69) is 43.4 Å². The second kappa shape index (κ2) is 6.80. The summed E-state index contributed by atoms with van der Waals surface area (Å²) in [6.45, 7) is 8.54. The molecular weight excluding hydrogens is 284 g/mol. The lowest BCUT2D eigenvalue weighted by Crippen LogP contribution is -2.42. The molecule has 21 heavy (non-hydrogen) atoms. The van der Waals surface area contributed by atoms with Crippen LogP contribution < -0.4 is 11.1 Å². The predicted octanol–water partition coefficient (Wildman–Crippen LogP) is 3.19. The molecule has 1 aromatic rings. The van der Waals surface area contributed by atoms with Gasteiger partial charge in [0.1, 0.15) is 0 Å². The first-order valence-electron chi connectivity index (χ1n) is 7.46. The van der Waals surface area contributed by atoms with Crippen LogP contribution in [0.3, 0.4) is 0 Å². The van der Waals surface area contributed by atoms with Gasteiger partial charge in [-0.2, -0.15) is 0 Å². The molecule has 1 aliphatic rings. The van der Waals surface area contributed by atoms with Gasteiger partial charge in [0.05, 0.1) is 5.41 Å². The highest BCUT2D eigenvalue weighted by molar-refractivity contribution is 5.85. The molecule has 0 aliphatic heterocycles. The van der Waals surface area contributed by atoms with Crippen molar-refractivity contribution < 1.29 is 4.79 Å². The van der Waals surface area contributed by atoms with Crippen LogP contribution in [0.15, 0.2) is 24.3 Å². The van der Waals surface area contributed by atoms with Crippen LogP contribution in [0, 0.1) is 5.41 Å². The zero-order valence-electron chi connectivity index (χ0n) is 13.3. The summed E-state index contributed by atoms with van der Waals surface area (Å²) in [5.41, 5.74) is 7.84. The SMILES string of the molecule is CC(C)c1ccc(C2CC2NC(=O)C(C)(C)CN)cc1.Cl. The number of carbonyl (C=O) groups is 1. The van der Waals surface area contributed by atoms with Gasteiger partial charge in [-0.15, -0.1) is 12.4 Å². The molecule has 4 heteroatoms. The van der Waals surface area contributed by atoms with Crippen molar-refractivity contribution in [3.05, 3.63) is 35.4 Å². The summed E-state index contributed by atoms with van der Waals surface area (Å²) in [5, 5.41) is 3.11. The Morgan fingerprint density at radius 1 is 1.33 bits per heavy atom. The molecule has 0 aromatic heterocycles. The van der Waals surface area contributed by atoms with Gasteiger partial charge in [-0.05, 0) is 37.3 Å². The van der Waals surface area contributed by atoms with E-state index in [4.69, 9.17) is 5.73 Å².